The van der Waals surface area contributed by atoms with Crippen LogP contribution in [0.1, 0.15) is 26.6 Å². The Morgan fingerprint density at radius 2 is 1.80 bits per heavy atom. The Bertz CT molecular complexity index is 642. The summed E-state index contributed by atoms with van der Waals surface area (Å²) >= 11 is 6.43. The fraction of sp³-hybridized carbons (Fsp3) is 0.286. The minimum absolute atomic E-state index is 0.202. The number of hydrogen-bond acceptors (Lipinski definition) is 3. The molecular formula is C14H13Br2FN2O. The first-order valence-corrected chi connectivity index (χ1v) is 7.52. The molecule has 0 spiro atoms. The molecule has 0 amide bonds. The Hall–Kier alpha value is -1.01. The van der Waals surface area contributed by atoms with E-state index in [-0.39, 0.29) is 11.2 Å². The zero-order valence-corrected chi connectivity index (χ0v) is 14.4. The molecular weight excluding hydrogens is 391 g/mol. The van der Waals surface area contributed by atoms with E-state index in [0.29, 0.717) is 26.5 Å². The van der Waals surface area contributed by atoms with Gasteiger partial charge in [0.05, 0.1) is 4.47 Å². The van der Waals surface area contributed by atoms with Crippen LogP contribution < -0.4 is 4.74 Å². The third-order valence-electron chi connectivity index (χ3n) is 2.46. The zero-order valence-electron chi connectivity index (χ0n) is 11.2. The van der Waals surface area contributed by atoms with Crippen molar-refractivity contribution in [2.24, 2.45) is 0 Å². The Morgan fingerprint density at radius 3 is 2.40 bits per heavy atom. The van der Waals surface area contributed by atoms with E-state index in [1.807, 2.05) is 20.8 Å². The van der Waals surface area contributed by atoms with E-state index in [4.69, 9.17) is 4.74 Å². The lowest BCUT2D eigenvalue weighted by atomic mass is 9.96. The van der Waals surface area contributed by atoms with Crippen molar-refractivity contribution in [1.29, 1.82) is 0 Å². The quantitative estimate of drug-likeness (QED) is 0.644. The predicted molar refractivity (Wildman–Crippen MR) is 82.6 cm³/mol. The molecule has 1 aromatic carbocycles. The number of benzene rings is 1. The van der Waals surface area contributed by atoms with Gasteiger partial charge in [0.25, 0.3) is 0 Å². The van der Waals surface area contributed by atoms with Crippen molar-refractivity contribution in [1.82, 2.24) is 9.97 Å². The average molecular weight is 404 g/mol. The van der Waals surface area contributed by atoms with Crippen molar-refractivity contribution < 1.29 is 9.13 Å². The van der Waals surface area contributed by atoms with E-state index in [1.54, 1.807) is 18.2 Å². The first kappa shape index (κ1) is 15.4. The highest BCUT2D eigenvalue weighted by molar-refractivity contribution is 9.10. The van der Waals surface area contributed by atoms with Crippen LogP contribution in [0.5, 0.6) is 11.6 Å². The molecule has 0 atom stereocenters. The molecule has 3 nitrogen and oxygen atoms in total. The molecule has 6 heteroatoms. The second kappa shape index (κ2) is 5.77. The van der Waals surface area contributed by atoms with Crippen molar-refractivity contribution in [2.75, 3.05) is 0 Å². The van der Waals surface area contributed by atoms with Crippen molar-refractivity contribution in [3.63, 3.8) is 0 Å². The van der Waals surface area contributed by atoms with Gasteiger partial charge in [-0.2, -0.15) is 4.98 Å². The molecule has 0 radical (unpaired) electrons. The number of aromatic nitrogens is 2. The molecule has 20 heavy (non-hydrogen) atoms. The Morgan fingerprint density at radius 1 is 1.10 bits per heavy atom. The number of halogens is 3. The van der Waals surface area contributed by atoms with E-state index >= 15 is 0 Å². The van der Waals surface area contributed by atoms with E-state index in [0.717, 1.165) is 0 Å². The summed E-state index contributed by atoms with van der Waals surface area (Å²) < 4.78 is 20.1. The second-order valence-corrected chi connectivity index (χ2v) is 6.95. The van der Waals surface area contributed by atoms with Gasteiger partial charge in [-0.15, -0.1) is 0 Å². The van der Waals surface area contributed by atoms with Crippen molar-refractivity contribution in [2.45, 2.75) is 26.2 Å². The van der Waals surface area contributed by atoms with E-state index in [2.05, 4.69) is 41.8 Å². The first-order chi connectivity index (χ1) is 9.25. The summed E-state index contributed by atoms with van der Waals surface area (Å²) in [5.74, 6) is 1.03. The lowest BCUT2D eigenvalue weighted by molar-refractivity contribution is 0.441. The molecule has 0 unspecified atom stereocenters. The Balaban J connectivity index is 2.33. The van der Waals surface area contributed by atoms with Crippen LogP contribution in [-0.4, -0.2) is 9.97 Å². The van der Waals surface area contributed by atoms with Crippen LogP contribution in [0.15, 0.2) is 33.3 Å². The minimum Gasteiger partial charge on any atom is -0.439 e. The van der Waals surface area contributed by atoms with Crippen molar-refractivity contribution >= 4 is 31.9 Å². The van der Waals surface area contributed by atoms with Crippen LogP contribution in [0.25, 0.3) is 0 Å². The topological polar surface area (TPSA) is 35.0 Å². The van der Waals surface area contributed by atoms with Gasteiger partial charge in [-0.1, -0.05) is 20.8 Å². The van der Waals surface area contributed by atoms with Crippen molar-refractivity contribution in [3.8, 4) is 11.6 Å². The SMILES string of the molecule is CC(C)(C)c1nc(Br)cc(Oc2ccc(Br)c(F)c2)n1. The molecule has 2 rings (SSSR count). The largest absolute Gasteiger partial charge is 0.439 e. The smallest absolute Gasteiger partial charge is 0.223 e. The van der Waals surface area contributed by atoms with Gasteiger partial charge in [-0.05, 0) is 44.0 Å². The van der Waals surface area contributed by atoms with Gasteiger partial charge in [0.2, 0.25) is 5.88 Å². The van der Waals surface area contributed by atoms with Crippen LogP contribution in [0.4, 0.5) is 4.39 Å². The third kappa shape index (κ3) is 3.76. The van der Waals surface area contributed by atoms with Gasteiger partial charge in [-0.3, -0.25) is 0 Å². The molecule has 0 fully saturated rings. The highest BCUT2D eigenvalue weighted by atomic mass is 79.9. The number of hydrogen-bond donors (Lipinski definition) is 0. The first-order valence-electron chi connectivity index (χ1n) is 5.94. The lowest BCUT2D eigenvalue weighted by Crippen LogP contribution is -2.16. The van der Waals surface area contributed by atoms with Crippen LogP contribution >= 0.6 is 31.9 Å². The number of ether oxygens (including phenoxy) is 1. The molecule has 0 saturated heterocycles. The van der Waals surface area contributed by atoms with Crippen LogP contribution in [-0.2, 0) is 5.41 Å². The monoisotopic (exact) mass is 402 g/mol. The van der Waals surface area contributed by atoms with Gasteiger partial charge in [0.1, 0.15) is 22.0 Å². The highest BCUT2D eigenvalue weighted by Gasteiger charge is 2.19. The standard InChI is InChI=1S/C14H13Br2FN2O/c1-14(2,3)13-18-11(16)7-12(19-13)20-8-4-5-9(15)10(17)6-8/h4-7H,1-3H3. The number of rotatable bonds is 2. The molecule has 0 bridgehead atoms. The minimum atomic E-state index is -0.383. The summed E-state index contributed by atoms with van der Waals surface area (Å²) in [5.41, 5.74) is -0.202. The molecule has 0 aliphatic carbocycles. The predicted octanol–water partition coefficient (Wildman–Crippen LogP) is 5.23. The molecule has 1 heterocycles. The van der Waals surface area contributed by atoms with Crippen LogP contribution in [0.3, 0.4) is 0 Å². The fourth-order valence-corrected chi connectivity index (χ4v) is 2.06. The molecule has 1 aromatic heterocycles. The fourth-order valence-electron chi connectivity index (χ4n) is 1.45. The molecule has 0 saturated carbocycles. The van der Waals surface area contributed by atoms with Crippen molar-refractivity contribution in [3.05, 3.63) is 45.0 Å². The summed E-state index contributed by atoms with van der Waals surface area (Å²) in [6.07, 6.45) is 0. The van der Waals surface area contributed by atoms with Gasteiger partial charge in [-0.25, -0.2) is 9.37 Å². The summed E-state index contributed by atoms with van der Waals surface area (Å²) in [5, 5.41) is 0. The van der Waals surface area contributed by atoms with Gasteiger partial charge in [0.15, 0.2) is 0 Å². The Kier molecular flexibility index (Phi) is 4.44. The maximum atomic E-state index is 13.5. The normalized spacial score (nSPS) is 11.5. The number of nitrogens with zero attached hydrogens (tertiary/aromatic N) is 2. The summed E-state index contributed by atoms with van der Waals surface area (Å²) in [6.45, 7) is 6.04. The maximum Gasteiger partial charge on any atom is 0.223 e. The molecule has 0 aliphatic heterocycles. The van der Waals surface area contributed by atoms with E-state index < -0.39 is 0 Å². The average Bonchev–Trinajstić information content (AvgIpc) is 2.32. The highest BCUT2D eigenvalue weighted by Crippen LogP contribution is 2.28. The van der Waals surface area contributed by atoms with E-state index in [1.165, 1.54) is 6.07 Å². The molecule has 0 N–H and O–H groups in total. The molecule has 106 valence electrons. The van der Waals surface area contributed by atoms with Crippen LogP contribution in [0, 0.1) is 5.82 Å². The Labute approximate surface area is 133 Å². The summed E-state index contributed by atoms with van der Waals surface area (Å²) in [4.78, 5) is 8.68. The molecule has 0 aliphatic rings. The van der Waals surface area contributed by atoms with E-state index in [9.17, 15) is 4.39 Å². The maximum absolute atomic E-state index is 13.5. The summed E-state index contributed by atoms with van der Waals surface area (Å²) in [6, 6.07) is 6.21. The third-order valence-corrected chi connectivity index (χ3v) is 3.51. The summed E-state index contributed by atoms with van der Waals surface area (Å²) in [7, 11) is 0. The van der Waals surface area contributed by atoms with Gasteiger partial charge < -0.3 is 4.74 Å². The van der Waals surface area contributed by atoms with Gasteiger partial charge in [0, 0.05) is 17.5 Å². The van der Waals surface area contributed by atoms with Crippen LogP contribution in [0.2, 0.25) is 0 Å². The lowest BCUT2D eigenvalue weighted by Gasteiger charge is -2.17. The second-order valence-electron chi connectivity index (χ2n) is 5.28. The van der Waals surface area contributed by atoms with Gasteiger partial charge >= 0.3 is 0 Å². The zero-order chi connectivity index (χ0) is 14.9. The molecule has 2 aromatic rings.